The Labute approximate surface area is 346 Å². The summed E-state index contributed by atoms with van der Waals surface area (Å²) in [5.74, 6) is 0.0136. The predicted molar refractivity (Wildman–Crippen MR) is 221 cm³/mol. The molecule has 0 radical (unpaired) electrons. The van der Waals surface area contributed by atoms with E-state index in [1.54, 1.807) is 12.1 Å². The van der Waals surface area contributed by atoms with E-state index in [2.05, 4.69) is 30.4 Å². The van der Waals surface area contributed by atoms with Crippen LogP contribution in [0, 0.1) is 5.41 Å². The topological polar surface area (TPSA) is 210 Å². The first-order chi connectivity index (χ1) is 29.1. The number of likely N-dealkylation sites (tertiary alicyclic amines) is 2. The molecular weight excluding hydrogens is 767 g/mol. The second-order valence-electron chi connectivity index (χ2n) is 15.7. The molecule has 1 atom stereocenters. The molecule has 0 spiro atoms. The largest absolute Gasteiger partial charge is 0.457 e. The van der Waals surface area contributed by atoms with Gasteiger partial charge >= 0.3 is 6.03 Å². The number of benzene rings is 3. The van der Waals surface area contributed by atoms with Crippen LogP contribution in [0.1, 0.15) is 57.5 Å². The van der Waals surface area contributed by atoms with E-state index >= 15 is 0 Å². The van der Waals surface area contributed by atoms with Crippen LogP contribution in [0.25, 0.3) is 0 Å². The molecule has 17 nitrogen and oxygen atoms in total. The Balaban J connectivity index is 0.735. The Morgan fingerprint density at radius 1 is 0.800 bits per heavy atom. The summed E-state index contributed by atoms with van der Waals surface area (Å²) in [5, 5.41) is 14.7. The second kappa shape index (κ2) is 16.1. The van der Waals surface area contributed by atoms with E-state index in [4.69, 9.17) is 15.9 Å². The van der Waals surface area contributed by atoms with Crippen molar-refractivity contribution in [3.63, 3.8) is 0 Å². The maximum absolute atomic E-state index is 13.5. The lowest BCUT2D eigenvalue weighted by Gasteiger charge is -2.49. The molecule has 1 unspecified atom stereocenters. The molecule has 9 rings (SSSR count). The minimum Gasteiger partial charge on any atom is -0.457 e. The van der Waals surface area contributed by atoms with Crippen LogP contribution in [0.4, 0.5) is 22.1 Å². The summed E-state index contributed by atoms with van der Waals surface area (Å²) in [4.78, 5) is 82.1. The van der Waals surface area contributed by atoms with E-state index in [1.165, 1.54) is 6.33 Å². The van der Waals surface area contributed by atoms with Crippen LogP contribution in [0.5, 0.6) is 11.5 Å². The standard InChI is InChI=1S/C43H45N11O6/c44-37(26-6-9-31(10-7-26)60-30-4-2-1-3-5-30)36-38(45)46-25-47-39(36)48-27-14-16-52(17-15-27)43(59)53-23-29(24-53)51-20-18-50(19-21-51)28-8-11-32-33(22-28)42(58)54(41(32)57)34-12-13-35(55)49-40(34)56/h1-11,22,25,27,29,34,44H,12-21,23-24H2,(H,49,55,56)(H3,45,46,47,48). The van der Waals surface area contributed by atoms with Crippen molar-refractivity contribution in [2.75, 3.05) is 68.3 Å². The first-order valence-corrected chi connectivity index (χ1v) is 20.3. The minimum atomic E-state index is -0.996. The Morgan fingerprint density at radius 3 is 2.22 bits per heavy atom. The summed E-state index contributed by atoms with van der Waals surface area (Å²) in [5.41, 5.74) is 8.95. The number of piperazine rings is 1. The van der Waals surface area contributed by atoms with E-state index in [0.29, 0.717) is 61.7 Å². The number of amides is 6. The number of anilines is 3. The van der Waals surface area contributed by atoms with Gasteiger partial charge in [-0.1, -0.05) is 18.2 Å². The summed E-state index contributed by atoms with van der Waals surface area (Å²) < 4.78 is 5.91. The highest BCUT2D eigenvalue weighted by Crippen LogP contribution is 2.32. The molecule has 0 aliphatic carbocycles. The third-order valence-electron chi connectivity index (χ3n) is 12.1. The van der Waals surface area contributed by atoms with Gasteiger partial charge in [-0.15, -0.1) is 0 Å². The highest BCUT2D eigenvalue weighted by Gasteiger charge is 2.45. The van der Waals surface area contributed by atoms with Crippen molar-refractivity contribution in [1.82, 2.24) is 34.9 Å². The number of para-hydroxylation sites is 1. The van der Waals surface area contributed by atoms with Crippen molar-refractivity contribution in [2.45, 2.75) is 43.8 Å². The number of ether oxygens (including phenoxy) is 1. The van der Waals surface area contributed by atoms with Gasteiger partial charge in [-0.3, -0.25) is 39.7 Å². The monoisotopic (exact) mass is 811 g/mol. The van der Waals surface area contributed by atoms with Gasteiger partial charge in [-0.25, -0.2) is 14.8 Å². The molecule has 4 aromatic rings. The van der Waals surface area contributed by atoms with E-state index in [9.17, 15) is 24.0 Å². The third kappa shape index (κ3) is 7.47. The highest BCUT2D eigenvalue weighted by atomic mass is 16.5. The molecule has 5 aliphatic heterocycles. The maximum Gasteiger partial charge on any atom is 0.320 e. The normalized spacial score (nSPS) is 20.2. The molecule has 308 valence electrons. The molecular formula is C43H45N11O6. The molecule has 0 saturated carbocycles. The predicted octanol–water partition coefficient (Wildman–Crippen LogP) is 3.17. The van der Waals surface area contributed by atoms with E-state index in [-0.39, 0.29) is 53.6 Å². The smallest absolute Gasteiger partial charge is 0.320 e. The first-order valence-electron chi connectivity index (χ1n) is 20.3. The molecule has 4 saturated heterocycles. The van der Waals surface area contributed by atoms with E-state index in [1.807, 2.05) is 70.5 Å². The summed E-state index contributed by atoms with van der Waals surface area (Å²) in [7, 11) is 0. The number of hydrogen-bond donors (Lipinski definition) is 4. The molecule has 17 heteroatoms. The fourth-order valence-corrected chi connectivity index (χ4v) is 8.67. The number of carbonyl (C=O) groups is 5. The number of hydrogen-bond acceptors (Lipinski definition) is 13. The van der Waals surface area contributed by atoms with E-state index in [0.717, 1.165) is 42.5 Å². The Kier molecular flexibility index (Phi) is 10.3. The van der Waals surface area contributed by atoms with Crippen LogP contribution in [0.3, 0.4) is 0 Å². The lowest BCUT2D eigenvalue weighted by molar-refractivity contribution is -0.136. The van der Waals surface area contributed by atoms with Crippen LogP contribution in [-0.4, -0.2) is 135 Å². The lowest BCUT2D eigenvalue weighted by atomic mass is 10.0. The van der Waals surface area contributed by atoms with Crippen molar-refractivity contribution in [2.24, 2.45) is 0 Å². The van der Waals surface area contributed by atoms with Gasteiger partial charge in [0.15, 0.2) is 0 Å². The van der Waals surface area contributed by atoms with Crippen molar-refractivity contribution >= 4 is 52.7 Å². The summed E-state index contributed by atoms with van der Waals surface area (Å²) >= 11 is 0. The first kappa shape index (κ1) is 38.6. The highest BCUT2D eigenvalue weighted by molar-refractivity contribution is 6.23. The maximum atomic E-state index is 13.5. The number of aromatic nitrogens is 2. The van der Waals surface area contributed by atoms with Crippen LogP contribution >= 0.6 is 0 Å². The zero-order valence-electron chi connectivity index (χ0n) is 32.9. The van der Waals surface area contributed by atoms with Gasteiger partial charge in [0.25, 0.3) is 11.8 Å². The molecule has 3 aromatic carbocycles. The summed E-state index contributed by atoms with van der Waals surface area (Å²) in [6.45, 7) is 5.52. The average Bonchev–Trinajstić information content (AvgIpc) is 3.49. The van der Waals surface area contributed by atoms with Crippen molar-refractivity contribution in [3.05, 3.63) is 101 Å². The SMILES string of the molecule is N=C(c1ccc(Oc2ccccc2)cc1)c1c(N)ncnc1NC1CCN(C(=O)N2CC(N3CCN(c4ccc5c(c4)C(=O)N(C4CCC(=O)NC4=O)C5=O)CC3)C2)CC1. The molecule has 5 aliphatic rings. The quantitative estimate of drug-likeness (QED) is 0.142. The number of fused-ring (bicyclic) bond motifs is 1. The zero-order chi connectivity index (χ0) is 41.5. The van der Waals surface area contributed by atoms with Crippen molar-refractivity contribution in [3.8, 4) is 11.5 Å². The third-order valence-corrected chi connectivity index (χ3v) is 12.1. The van der Waals surface area contributed by atoms with Gasteiger partial charge in [0.2, 0.25) is 11.8 Å². The number of nitrogen functional groups attached to an aromatic ring is 1. The number of nitrogens with two attached hydrogens (primary N) is 1. The van der Waals surface area contributed by atoms with Gasteiger partial charge in [0, 0.05) is 82.1 Å². The fraction of sp³-hybridized carbons (Fsp3) is 0.349. The molecule has 6 heterocycles. The van der Waals surface area contributed by atoms with Gasteiger partial charge in [-0.2, -0.15) is 0 Å². The average molecular weight is 812 g/mol. The number of imide groups is 2. The van der Waals surface area contributed by atoms with Gasteiger partial charge in [0.1, 0.15) is 35.5 Å². The molecule has 60 heavy (non-hydrogen) atoms. The fourth-order valence-electron chi connectivity index (χ4n) is 8.67. The van der Waals surface area contributed by atoms with E-state index < -0.39 is 29.7 Å². The zero-order valence-corrected chi connectivity index (χ0v) is 32.9. The summed E-state index contributed by atoms with van der Waals surface area (Å²) in [6.07, 6.45) is 3.01. The van der Waals surface area contributed by atoms with Gasteiger partial charge in [-0.05, 0) is 73.9 Å². The number of piperidine rings is 2. The molecule has 4 fully saturated rings. The number of rotatable bonds is 9. The Hall–Kier alpha value is -6.88. The van der Waals surface area contributed by atoms with Crippen molar-refractivity contribution in [1.29, 1.82) is 5.41 Å². The Bertz CT molecular complexity index is 2350. The van der Waals surface area contributed by atoms with Crippen LogP contribution in [0.2, 0.25) is 0 Å². The second-order valence-corrected chi connectivity index (χ2v) is 15.7. The molecule has 1 aromatic heterocycles. The number of nitrogens with one attached hydrogen (secondary N) is 3. The van der Waals surface area contributed by atoms with Gasteiger partial charge in [0.05, 0.1) is 22.4 Å². The van der Waals surface area contributed by atoms with Crippen LogP contribution in [-0.2, 0) is 9.59 Å². The van der Waals surface area contributed by atoms with Crippen LogP contribution in [0.15, 0.2) is 79.1 Å². The Morgan fingerprint density at radius 2 is 1.50 bits per heavy atom. The number of urea groups is 1. The van der Waals surface area contributed by atoms with Crippen molar-refractivity contribution < 1.29 is 28.7 Å². The lowest BCUT2D eigenvalue weighted by Crippen LogP contribution is -2.66. The molecule has 0 bridgehead atoms. The molecule has 5 N–H and O–H groups in total. The minimum absolute atomic E-state index is 0.0329. The number of nitrogens with zero attached hydrogens (tertiary/aromatic N) is 7. The molecule has 6 amide bonds. The van der Waals surface area contributed by atoms with Gasteiger partial charge < -0.3 is 30.5 Å². The van der Waals surface area contributed by atoms with Crippen LogP contribution < -0.4 is 26.0 Å². The summed E-state index contributed by atoms with van der Waals surface area (Å²) in [6, 6.07) is 21.3. The number of carbonyl (C=O) groups excluding carboxylic acids is 5.